The summed E-state index contributed by atoms with van der Waals surface area (Å²) in [6.07, 6.45) is 0.817. The highest BCUT2D eigenvalue weighted by Gasteiger charge is 2.20. The molecule has 1 heterocycles. The molecule has 0 atom stereocenters. The van der Waals surface area contributed by atoms with E-state index < -0.39 is 17.9 Å². The van der Waals surface area contributed by atoms with E-state index >= 15 is 0 Å². The van der Waals surface area contributed by atoms with E-state index in [1.54, 1.807) is 14.7 Å². The molecule has 1 rings (SSSR count). The third-order valence-electron chi connectivity index (χ3n) is 4.95. The Balaban J connectivity index is 2.91. The van der Waals surface area contributed by atoms with Crippen molar-refractivity contribution in [3.8, 4) is 0 Å². The molecule has 0 aromatic heterocycles. The normalized spacial score (nSPS) is 18.6. The van der Waals surface area contributed by atoms with E-state index in [0.717, 1.165) is 6.42 Å². The maximum absolute atomic E-state index is 12.2. The van der Waals surface area contributed by atoms with E-state index in [9.17, 15) is 29.4 Å². The zero-order chi connectivity index (χ0) is 23.2. The van der Waals surface area contributed by atoms with Crippen molar-refractivity contribution in [2.45, 2.75) is 13.3 Å². The van der Waals surface area contributed by atoms with E-state index in [0.29, 0.717) is 58.9 Å². The van der Waals surface area contributed by atoms with Gasteiger partial charge in [-0.05, 0) is 6.42 Å². The number of amides is 1. The maximum Gasteiger partial charge on any atom is 0.317 e. The summed E-state index contributed by atoms with van der Waals surface area (Å²) in [5, 5.41) is 30.4. The summed E-state index contributed by atoms with van der Waals surface area (Å²) in [6, 6.07) is 0. The third-order valence-corrected chi connectivity index (χ3v) is 4.95. The van der Waals surface area contributed by atoms with Gasteiger partial charge in [0.25, 0.3) is 0 Å². The summed E-state index contributed by atoms with van der Waals surface area (Å²) >= 11 is 0. The van der Waals surface area contributed by atoms with E-state index in [1.165, 1.54) is 0 Å². The van der Waals surface area contributed by atoms with Crippen molar-refractivity contribution in [3.05, 3.63) is 0 Å². The van der Waals surface area contributed by atoms with Crippen LogP contribution in [0.3, 0.4) is 0 Å². The molecule has 0 aliphatic carbocycles. The molecule has 12 heteroatoms. The predicted octanol–water partition coefficient (Wildman–Crippen LogP) is -2.01. The van der Waals surface area contributed by atoms with Crippen LogP contribution in [0.1, 0.15) is 13.3 Å². The number of carboxylic acids is 3. The van der Waals surface area contributed by atoms with E-state index in [2.05, 4.69) is 5.32 Å². The van der Waals surface area contributed by atoms with Crippen molar-refractivity contribution in [1.82, 2.24) is 24.9 Å². The fourth-order valence-electron chi connectivity index (χ4n) is 3.31. The Hall–Kier alpha value is -2.28. The van der Waals surface area contributed by atoms with Crippen molar-refractivity contribution in [1.29, 1.82) is 0 Å². The summed E-state index contributed by atoms with van der Waals surface area (Å²) in [6.45, 7) is 5.18. The molecule has 31 heavy (non-hydrogen) atoms. The number of carboxylic acid groups (broad SMARTS) is 3. The van der Waals surface area contributed by atoms with Crippen LogP contribution in [-0.4, -0.2) is 144 Å². The Morgan fingerprint density at radius 2 is 0.903 bits per heavy atom. The SMILES string of the molecule is CCCNC(=O)CN1CCN(CC(=O)O)CCN(CC(=O)O)CCN(CC(=O)O)CC1. The average molecular weight is 446 g/mol. The lowest BCUT2D eigenvalue weighted by Crippen LogP contribution is -2.49. The molecule has 0 radical (unpaired) electrons. The Labute approximate surface area is 182 Å². The van der Waals surface area contributed by atoms with Gasteiger partial charge in [0, 0.05) is 58.9 Å². The first-order valence-corrected chi connectivity index (χ1v) is 10.5. The second kappa shape index (κ2) is 14.7. The minimum absolute atomic E-state index is 0.129. The van der Waals surface area contributed by atoms with Crippen LogP contribution in [0.2, 0.25) is 0 Å². The van der Waals surface area contributed by atoms with Gasteiger partial charge in [-0.15, -0.1) is 0 Å². The maximum atomic E-state index is 12.2. The topological polar surface area (TPSA) is 154 Å². The number of aliphatic carboxylic acids is 3. The highest BCUT2D eigenvalue weighted by Crippen LogP contribution is 2.01. The summed E-state index contributed by atoms with van der Waals surface area (Å²) in [5.41, 5.74) is 0. The largest absolute Gasteiger partial charge is 0.480 e. The fraction of sp³-hybridized carbons (Fsp3) is 0.789. The third kappa shape index (κ3) is 12.9. The van der Waals surface area contributed by atoms with Crippen LogP contribution in [-0.2, 0) is 19.2 Å². The van der Waals surface area contributed by atoms with E-state index in [4.69, 9.17) is 5.11 Å². The minimum atomic E-state index is -0.995. The molecule has 0 saturated carbocycles. The lowest BCUT2D eigenvalue weighted by Gasteiger charge is -2.32. The second-order valence-corrected chi connectivity index (χ2v) is 7.64. The van der Waals surface area contributed by atoms with Crippen molar-refractivity contribution in [2.24, 2.45) is 0 Å². The van der Waals surface area contributed by atoms with Crippen LogP contribution in [0, 0.1) is 0 Å². The number of carbonyl (C=O) groups excluding carboxylic acids is 1. The molecule has 1 aliphatic heterocycles. The van der Waals surface area contributed by atoms with Crippen LogP contribution in [0.25, 0.3) is 0 Å². The van der Waals surface area contributed by atoms with Gasteiger partial charge in [0.2, 0.25) is 5.91 Å². The molecular formula is C19H35N5O7. The van der Waals surface area contributed by atoms with Crippen LogP contribution in [0.4, 0.5) is 0 Å². The lowest BCUT2D eigenvalue weighted by molar-refractivity contribution is -0.140. The number of hydrogen-bond acceptors (Lipinski definition) is 8. The van der Waals surface area contributed by atoms with Crippen LogP contribution in [0.5, 0.6) is 0 Å². The molecule has 0 aromatic carbocycles. The highest BCUT2D eigenvalue weighted by atomic mass is 16.4. The molecule has 0 spiro atoms. The Kier molecular flexibility index (Phi) is 12.7. The molecule has 0 unspecified atom stereocenters. The van der Waals surface area contributed by atoms with Gasteiger partial charge in [0.1, 0.15) is 0 Å². The van der Waals surface area contributed by atoms with Crippen LogP contribution < -0.4 is 5.32 Å². The van der Waals surface area contributed by atoms with Crippen molar-refractivity contribution >= 4 is 23.8 Å². The molecule has 1 aliphatic rings. The Morgan fingerprint density at radius 1 is 0.613 bits per heavy atom. The van der Waals surface area contributed by atoms with Crippen molar-refractivity contribution < 1.29 is 34.5 Å². The first-order chi connectivity index (χ1) is 14.7. The first kappa shape index (κ1) is 26.8. The van der Waals surface area contributed by atoms with Gasteiger partial charge in [-0.2, -0.15) is 0 Å². The molecule has 4 N–H and O–H groups in total. The lowest BCUT2D eigenvalue weighted by atomic mass is 10.3. The van der Waals surface area contributed by atoms with Gasteiger partial charge < -0.3 is 20.6 Å². The smallest absolute Gasteiger partial charge is 0.317 e. The average Bonchev–Trinajstić information content (AvgIpc) is 2.67. The van der Waals surface area contributed by atoms with E-state index in [-0.39, 0.29) is 32.1 Å². The predicted molar refractivity (Wildman–Crippen MR) is 112 cm³/mol. The standard InChI is InChI=1S/C19H35N5O7/c1-2-3-20-16(25)12-21-4-6-22(13-17(26)27)8-10-24(15-19(30)31)11-9-23(7-5-21)14-18(28)29/h2-15H2,1H3,(H,20,25)(H,26,27)(H,28,29)(H,30,31). The van der Waals surface area contributed by atoms with E-state index in [1.807, 2.05) is 11.8 Å². The monoisotopic (exact) mass is 445 g/mol. The molecule has 0 bridgehead atoms. The summed E-state index contributed by atoms with van der Waals surface area (Å²) < 4.78 is 0. The molecule has 178 valence electrons. The molecule has 1 saturated heterocycles. The van der Waals surface area contributed by atoms with Crippen LogP contribution in [0.15, 0.2) is 0 Å². The Morgan fingerprint density at radius 3 is 1.16 bits per heavy atom. The number of rotatable bonds is 10. The molecule has 12 nitrogen and oxygen atoms in total. The molecule has 1 amide bonds. The number of nitrogens with one attached hydrogen (secondary N) is 1. The quantitative estimate of drug-likeness (QED) is 0.295. The molecular weight excluding hydrogens is 410 g/mol. The van der Waals surface area contributed by atoms with Gasteiger partial charge in [0.15, 0.2) is 0 Å². The Bertz CT molecular complexity index is 572. The number of nitrogens with zero attached hydrogens (tertiary/aromatic N) is 4. The second-order valence-electron chi connectivity index (χ2n) is 7.64. The molecule has 0 aromatic rings. The number of carbonyl (C=O) groups is 4. The zero-order valence-electron chi connectivity index (χ0n) is 18.2. The summed E-state index contributed by atoms with van der Waals surface area (Å²) in [4.78, 5) is 52.9. The van der Waals surface area contributed by atoms with Gasteiger partial charge >= 0.3 is 17.9 Å². The van der Waals surface area contributed by atoms with Gasteiger partial charge in [0.05, 0.1) is 26.2 Å². The van der Waals surface area contributed by atoms with Crippen molar-refractivity contribution in [2.75, 3.05) is 85.1 Å². The molecule has 1 fully saturated rings. The van der Waals surface area contributed by atoms with Gasteiger partial charge in [-0.25, -0.2) is 0 Å². The van der Waals surface area contributed by atoms with Crippen LogP contribution >= 0.6 is 0 Å². The zero-order valence-corrected chi connectivity index (χ0v) is 18.2. The van der Waals surface area contributed by atoms with Crippen molar-refractivity contribution in [3.63, 3.8) is 0 Å². The number of hydrogen-bond donors (Lipinski definition) is 4. The fourth-order valence-corrected chi connectivity index (χ4v) is 3.31. The van der Waals surface area contributed by atoms with Gasteiger partial charge in [-0.3, -0.25) is 38.8 Å². The summed E-state index contributed by atoms with van der Waals surface area (Å²) in [5.74, 6) is -3.07. The first-order valence-electron chi connectivity index (χ1n) is 10.5. The minimum Gasteiger partial charge on any atom is -0.480 e. The highest BCUT2D eigenvalue weighted by molar-refractivity contribution is 5.78. The summed E-state index contributed by atoms with van der Waals surface area (Å²) in [7, 11) is 0. The van der Waals surface area contributed by atoms with Gasteiger partial charge in [-0.1, -0.05) is 6.92 Å².